The van der Waals surface area contributed by atoms with Gasteiger partial charge in [0.05, 0.1) is 0 Å². The van der Waals surface area contributed by atoms with Crippen molar-refractivity contribution in [3.63, 3.8) is 0 Å². The average molecular weight is 301 g/mol. The predicted octanol–water partition coefficient (Wildman–Crippen LogP) is 2.28. The summed E-state index contributed by atoms with van der Waals surface area (Å²) in [6.07, 6.45) is 1.20. The van der Waals surface area contributed by atoms with Gasteiger partial charge in [0.2, 0.25) is 5.82 Å². The molecule has 1 amide bonds. The van der Waals surface area contributed by atoms with Crippen molar-refractivity contribution >= 4 is 34.9 Å². The second kappa shape index (κ2) is 5.50. The molecule has 9 heteroatoms. The van der Waals surface area contributed by atoms with E-state index in [1.165, 1.54) is 6.33 Å². The molecule has 2 heterocycles. The number of amides is 1. The SMILES string of the molecule is CC(C)c1nc(C(=O)Nc2ncnc(Cl)c2Cl)n[nH]1. The summed E-state index contributed by atoms with van der Waals surface area (Å²) < 4.78 is 0. The number of carbonyl (C=O) groups excluding carboxylic acids is 1. The first kappa shape index (κ1) is 13.7. The zero-order valence-electron chi connectivity index (χ0n) is 10.1. The van der Waals surface area contributed by atoms with Gasteiger partial charge >= 0.3 is 0 Å². The van der Waals surface area contributed by atoms with E-state index >= 15 is 0 Å². The van der Waals surface area contributed by atoms with Crippen molar-refractivity contribution in [2.45, 2.75) is 19.8 Å². The highest BCUT2D eigenvalue weighted by molar-refractivity contribution is 6.43. The molecule has 0 radical (unpaired) electrons. The molecule has 0 spiro atoms. The smallest absolute Gasteiger partial charge is 0.296 e. The maximum Gasteiger partial charge on any atom is 0.296 e. The van der Waals surface area contributed by atoms with Crippen molar-refractivity contribution in [1.29, 1.82) is 0 Å². The maximum absolute atomic E-state index is 11.9. The number of aromatic nitrogens is 5. The molecule has 0 aromatic carbocycles. The van der Waals surface area contributed by atoms with E-state index in [0.29, 0.717) is 5.82 Å². The van der Waals surface area contributed by atoms with E-state index in [9.17, 15) is 4.79 Å². The first-order chi connectivity index (χ1) is 8.99. The topological polar surface area (TPSA) is 96.5 Å². The normalized spacial score (nSPS) is 10.8. The Kier molecular flexibility index (Phi) is 3.96. The van der Waals surface area contributed by atoms with Gasteiger partial charge in [0.15, 0.2) is 11.0 Å². The van der Waals surface area contributed by atoms with Crippen LogP contribution in [-0.2, 0) is 0 Å². The minimum Gasteiger partial charge on any atom is -0.302 e. The van der Waals surface area contributed by atoms with Gasteiger partial charge in [-0.3, -0.25) is 9.89 Å². The Morgan fingerprint density at radius 3 is 2.74 bits per heavy atom. The van der Waals surface area contributed by atoms with Gasteiger partial charge in [-0.2, -0.15) is 0 Å². The molecular formula is C10H10Cl2N6O. The Morgan fingerprint density at radius 2 is 2.11 bits per heavy atom. The molecule has 100 valence electrons. The Morgan fingerprint density at radius 1 is 1.37 bits per heavy atom. The quantitative estimate of drug-likeness (QED) is 0.848. The van der Waals surface area contributed by atoms with Gasteiger partial charge in [0.1, 0.15) is 17.2 Å². The summed E-state index contributed by atoms with van der Waals surface area (Å²) in [5.74, 6) is 0.361. The molecule has 2 aromatic rings. The van der Waals surface area contributed by atoms with Crippen molar-refractivity contribution in [2.75, 3.05) is 5.32 Å². The summed E-state index contributed by atoms with van der Waals surface area (Å²) in [6, 6.07) is 0. The molecule has 2 N–H and O–H groups in total. The second-order valence-electron chi connectivity index (χ2n) is 3.98. The highest BCUT2D eigenvalue weighted by atomic mass is 35.5. The van der Waals surface area contributed by atoms with Gasteiger partial charge in [-0.05, 0) is 0 Å². The molecule has 0 aliphatic heterocycles. The van der Waals surface area contributed by atoms with Crippen molar-refractivity contribution in [2.24, 2.45) is 0 Å². The second-order valence-corrected chi connectivity index (χ2v) is 4.72. The predicted molar refractivity (Wildman–Crippen MR) is 70.5 cm³/mol. The monoisotopic (exact) mass is 300 g/mol. The van der Waals surface area contributed by atoms with E-state index in [0.717, 1.165) is 0 Å². The van der Waals surface area contributed by atoms with Crippen LogP contribution in [0.3, 0.4) is 0 Å². The zero-order chi connectivity index (χ0) is 14.0. The van der Waals surface area contributed by atoms with Crippen LogP contribution in [0.25, 0.3) is 0 Å². The summed E-state index contributed by atoms with van der Waals surface area (Å²) in [6.45, 7) is 3.87. The molecule has 0 aliphatic carbocycles. The van der Waals surface area contributed by atoms with Crippen LogP contribution in [-0.4, -0.2) is 31.1 Å². The van der Waals surface area contributed by atoms with Crippen LogP contribution in [0.15, 0.2) is 6.33 Å². The molecule has 19 heavy (non-hydrogen) atoms. The van der Waals surface area contributed by atoms with Crippen molar-refractivity contribution in [3.05, 3.63) is 28.2 Å². The highest BCUT2D eigenvalue weighted by Gasteiger charge is 2.17. The minimum atomic E-state index is -0.528. The molecule has 0 atom stereocenters. The number of carbonyl (C=O) groups is 1. The van der Waals surface area contributed by atoms with Gasteiger partial charge in [-0.15, -0.1) is 5.10 Å². The van der Waals surface area contributed by atoms with Gasteiger partial charge < -0.3 is 5.32 Å². The number of halogens is 2. The van der Waals surface area contributed by atoms with Crippen molar-refractivity contribution in [3.8, 4) is 0 Å². The Bertz CT molecular complexity index is 612. The Hall–Kier alpha value is -1.73. The van der Waals surface area contributed by atoms with Crippen LogP contribution in [0.5, 0.6) is 0 Å². The summed E-state index contributed by atoms with van der Waals surface area (Å²) >= 11 is 11.6. The fraction of sp³-hybridized carbons (Fsp3) is 0.300. The number of anilines is 1. The minimum absolute atomic E-state index is 0.00880. The summed E-state index contributed by atoms with van der Waals surface area (Å²) in [4.78, 5) is 23.5. The van der Waals surface area contributed by atoms with Crippen LogP contribution >= 0.6 is 23.2 Å². The van der Waals surface area contributed by atoms with E-state index in [2.05, 4.69) is 30.5 Å². The van der Waals surface area contributed by atoms with Crippen molar-refractivity contribution < 1.29 is 4.79 Å². The summed E-state index contributed by atoms with van der Waals surface area (Å²) in [5.41, 5.74) is 0. The van der Waals surface area contributed by atoms with Crippen molar-refractivity contribution in [1.82, 2.24) is 25.1 Å². The van der Waals surface area contributed by atoms with E-state index < -0.39 is 5.91 Å². The molecule has 0 unspecified atom stereocenters. The maximum atomic E-state index is 11.9. The van der Waals surface area contributed by atoms with Crippen LogP contribution in [0.1, 0.15) is 36.2 Å². The molecule has 2 aromatic heterocycles. The lowest BCUT2D eigenvalue weighted by Crippen LogP contribution is -2.15. The Labute approximate surface area is 118 Å². The number of aromatic amines is 1. The van der Waals surface area contributed by atoms with E-state index in [-0.39, 0.29) is 27.7 Å². The molecule has 0 aliphatic rings. The van der Waals surface area contributed by atoms with E-state index in [1.807, 2.05) is 13.8 Å². The van der Waals surface area contributed by atoms with Crippen LogP contribution in [0, 0.1) is 0 Å². The fourth-order valence-corrected chi connectivity index (χ4v) is 1.51. The lowest BCUT2D eigenvalue weighted by Gasteiger charge is -2.03. The van der Waals surface area contributed by atoms with E-state index in [4.69, 9.17) is 23.2 Å². The third kappa shape index (κ3) is 2.99. The third-order valence-corrected chi connectivity index (χ3v) is 2.97. The molecule has 0 saturated heterocycles. The summed E-state index contributed by atoms with van der Waals surface area (Å²) in [7, 11) is 0. The molecule has 7 nitrogen and oxygen atoms in total. The van der Waals surface area contributed by atoms with Gasteiger partial charge in [0, 0.05) is 5.92 Å². The van der Waals surface area contributed by atoms with Crippen LogP contribution in [0.4, 0.5) is 5.82 Å². The molecular weight excluding hydrogens is 291 g/mol. The number of nitrogens with zero attached hydrogens (tertiary/aromatic N) is 4. The lowest BCUT2D eigenvalue weighted by atomic mass is 10.2. The zero-order valence-corrected chi connectivity index (χ0v) is 11.6. The molecule has 0 fully saturated rings. The number of hydrogen-bond acceptors (Lipinski definition) is 5. The fourth-order valence-electron chi connectivity index (χ4n) is 1.23. The number of hydrogen-bond donors (Lipinski definition) is 2. The van der Waals surface area contributed by atoms with Gasteiger partial charge in [-0.25, -0.2) is 15.0 Å². The highest BCUT2D eigenvalue weighted by Crippen LogP contribution is 2.25. The first-order valence-electron chi connectivity index (χ1n) is 5.38. The third-order valence-electron chi connectivity index (χ3n) is 2.23. The first-order valence-corrected chi connectivity index (χ1v) is 6.14. The standard InChI is InChI=1S/C10H10Cl2N6O/c1-4(2)7-15-9(18-17-7)10(19)16-8-5(11)6(12)13-3-14-8/h3-4H,1-2H3,(H,15,17,18)(H,13,14,16,19). The molecule has 0 saturated carbocycles. The number of nitrogens with one attached hydrogen (secondary N) is 2. The molecule has 0 bridgehead atoms. The Balaban J connectivity index is 2.18. The molecule has 2 rings (SSSR count). The number of H-pyrrole nitrogens is 1. The summed E-state index contributed by atoms with van der Waals surface area (Å²) in [5, 5.41) is 9.10. The van der Waals surface area contributed by atoms with Gasteiger partial charge in [-0.1, -0.05) is 37.0 Å². The van der Waals surface area contributed by atoms with E-state index in [1.54, 1.807) is 0 Å². The number of rotatable bonds is 3. The van der Waals surface area contributed by atoms with Crippen LogP contribution < -0.4 is 5.32 Å². The lowest BCUT2D eigenvalue weighted by molar-refractivity contribution is 0.101. The largest absolute Gasteiger partial charge is 0.302 e. The average Bonchev–Trinajstić information content (AvgIpc) is 2.84. The van der Waals surface area contributed by atoms with Gasteiger partial charge in [0.25, 0.3) is 5.91 Å². The van der Waals surface area contributed by atoms with Crippen LogP contribution in [0.2, 0.25) is 10.2 Å².